The maximum Gasteiger partial charge on any atom is 0.332 e. The normalized spacial score (nSPS) is 37.8. The van der Waals surface area contributed by atoms with Gasteiger partial charge in [-0.1, -0.05) is 26.0 Å². The van der Waals surface area contributed by atoms with Crippen molar-refractivity contribution in [3.05, 3.63) is 12.2 Å². The van der Waals surface area contributed by atoms with Crippen molar-refractivity contribution in [3.63, 3.8) is 0 Å². The van der Waals surface area contributed by atoms with E-state index in [0.717, 1.165) is 25.7 Å². The Hall–Kier alpha value is -1.85. The Labute approximate surface area is 168 Å². The predicted octanol–water partition coefficient (Wildman–Crippen LogP) is 2.82. The Kier molecular flexibility index (Phi) is 6.46. The van der Waals surface area contributed by atoms with E-state index < -0.39 is 11.6 Å². The summed E-state index contributed by atoms with van der Waals surface area (Å²) in [6.07, 6.45) is 9.74. The molecule has 0 aromatic carbocycles. The fourth-order valence-corrected chi connectivity index (χ4v) is 4.80. The van der Waals surface area contributed by atoms with E-state index in [9.17, 15) is 14.4 Å². The van der Waals surface area contributed by atoms with Crippen molar-refractivity contribution in [1.29, 1.82) is 0 Å². The van der Waals surface area contributed by atoms with Crippen molar-refractivity contribution in [1.82, 2.24) is 10.2 Å². The number of fused-ring (bicyclic) bond motifs is 2. The molecule has 2 heterocycles. The molecule has 0 aromatic heterocycles. The van der Waals surface area contributed by atoms with E-state index in [2.05, 4.69) is 31.3 Å². The van der Waals surface area contributed by atoms with Gasteiger partial charge in [0, 0.05) is 18.9 Å². The van der Waals surface area contributed by atoms with Gasteiger partial charge in [0.05, 0.1) is 6.61 Å². The molecule has 0 radical (unpaired) electrons. The van der Waals surface area contributed by atoms with E-state index in [-0.39, 0.29) is 30.3 Å². The van der Waals surface area contributed by atoms with Crippen LogP contribution in [-0.4, -0.2) is 47.4 Å². The summed E-state index contributed by atoms with van der Waals surface area (Å²) in [6, 6.07) is -0.473. The maximum absolute atomic E-state index is 13.0. The van der Waals surface area contributed by atoms with Crippen LogP contribution in [0.15, 0.2) is 12.2 Å². The van der Waals surface area contributed by atoms with Crippen LogP contribution in [0.5, 0.6) is 0 Å². The van der Waals surface area contributed by atoms with E-state index in [4.69, 9.17) is 4.74 Å². The van der Waals surface area contributed by atoms with Crippen LogP contribution in [0.1, 0.15) is 65.7 Å². The number of ether oxygens (including phenoxy) is 1. The maximum atomic E-state index is 13.0. The highest BCUT2D eigenvalue weighted by molar-refractivity contribution is 5.95. The molecule has 5 atom stereocenters. The van der Waals surface area contributed by atoms with Crippen molar-refractivity contribution < 1.29 is 19.1 Å². The molecule has 3 aliphatic rings. The van der Waals surface area contributed by atoms with Crippen molar-refractivity contribution in [3.8, 4) is 0 Å². The van der Waals surface area contributed by atoms with Gasteiger partial charge in [0.2, 0.25) is 11.8 Å². The number of esters is 1. The van der Waals surface area contributed by atoms with Gasteiger partial charge in [-0.25, -0.2) is 4.79 Å². The van der Waals surface area contributed by atoms with Crippen molar-refractivity contribution in [2.45, 2.75) is 77.3 Å². The number of nitrogens with one attached hydrogen (secondary N) is 1. The molecule has 2 aliphatic heterocycles. The summed E-state index contributed by atoms with van der Waals surface area (Å²) < 4.78 is 5.26. The topological polar surface area (TPSA) is 75.7 Å². The van der Waals surface area contributed by atoms with Gasteiger partial charge in [-0.05, 0) is 57.3 Å². The Balaban J connectivity index is 1.82. The fraction of sp³-hybridized carbons (Fsp3) is 0.773. The molecule has 0 aromatic rings. The zero-order chi connectivity index (χ0) is 20.3. The predicted molar refractivity (Wildman–Crippen MR) is 106 cm³/mol. The molecular weight excluding hydrogens is 356 g/mol. The zero-order valence-electron chi connectivity index (χ0n) is 17.4. The van der Waals surface area contributed by atoms with Crippen LogP contribution in [0.2, 0.25) is 0 Å². The first-order chi connectivity index (χ1) is 13.4. The monoisotopic (exact) mass is 390 g/mol. The molecular formula is C22H34N2O4. The summed E-state index contributed by atoms with van der Waals surface area (Å²) in [6.45, 7) is 7.04. The van der Waals surface area contributed by atoms with E-state index >= 15 is 0 Å². The van der Waals surface area contributed by atoms with Gasteiger partial charge < -0.3 is 15.0 Å². The van der Waals surface area contributed by atoms with E-state index in [1.165, 1.54) is 0 Å². The number of carbonyl (C=O) groups is 3. The first-order valence-corrected chi connectivity index (χ1v) is 10.8. The summed E-state index contributed by atoms with van der Waals surface area (Å²) in [7, 11) is 0. The molecule has 28 heavy (non-hydrogen) atoms. The summed E-state index contributed by atoms with van der Waals surface area (Å²) in [5.41, 5.74) is -0.958. The molecule has 3 rings (SSSR count). The number of nitrogens with zero attached hydrogens (tertiary/aromatic N) is 1. The van der Waals surface area contributed by atoms with Gasteiger partial charge in [-0.3, -0.25) is 9.59 Å². The average Bonchev–Trinajstić information content (AvgIpc) is 3.10. The molecule has 2 fully saturated rings. The Morgan fingerprint density at radius 2 is 2.07 bits per heavy atom. The lowest BCUT2D eigenvalue weighted by molar-refractivity contribution is -0.150. The second-order valence-electron chi connectivity index (χ2n) is 8.89. The first kappa shape index (κ1) is 20.9. The Bertz CT molecular complexity index is 646. The van der Waals surface area contributed by atoms with Crippen LogP contribution in [0.4, 0.5) is 0 Å². The third kappa shape index (κ3) is 4.41. The van der Waals surface area contributed by atoms with Gasteiger partial charge >= 0.3 is 5.97 Å². The van der Waals surface area contributed by atoms with E-state index in [0.29, 0.717) is 37.6 Å². The zero-order valence-corrected chi connectivity index (χ0v) is 17.4. The van der Waals surface area contributed by atoms with Crippen molar-refractivity contribution >= 4 is 17.8 Å². The van der Waals surface area contributed by atoms with Crippen LogP contribution in [0.25, 0.3) is 0 Å². The lowest BCUT2D eigenvalue weighted by atomic mass is 9.91. The highest BCUT2D eigenvalue weighted by atomic mass is 16.5. The number of carbonyl (C=O) groups excluding carboxylic acids is 3. The van der Waals surface area contributed by atoms with Crippen LogP contribution in [0.3, 0.4) is 0 Å². The molecule has 1 unspecified atom stereocenters. The van der Waals surface area contributed by atoms with E-state index in [1.807, 2.05) is 0 Å². The number of amides is 2. The molecule has 1 aliphatic carbocycles. The standard InChI is InChI=1S/C22H34N2O4/c1-4-28-21(27)22-14-17(22)9-6-5-8-15(2)12-16(3)13-19(25)24-11-7-10-18(24)20(26)23-22/h6,9,15-18H,4-5,7-8,10-14H2,1-3H3,(H,23,26)/b9-6-/t15?,16-,17-,18+,22-/m1/s1. The van der Waals surface area contributed by atoms with Crippen LogP contribution in [0, 0.1) is 17.8 Å². The largest absolute Gasteiger partial charge is 0.464 e. The van der Waals surface area contributed by atoms with Crippen molar-refractivity contribution in [2.75, 3.05) is 13.2 Å². The van der Waals surface area contributed by atoms with Crippen LogP contribution >= 0.6 is 0 Å². The molecule has 2 amide bonds. The Morgan fingerprint density at radius 1 is 1.29 bits per heavy atom. The third-order valence-corrected chi connectivity index (χ3v) is 6.40. The smallest absolute Gasteiger partial charge is 0.332 e. The lowest BCUT2D eigenvalue weighted by Gasteiger charge is -2.27. The SMILES string of the molecule is CCOC(=O)[C@@]12C[C@H]1/C=C\CCC(C)C[C@@H](C)CC(=O)N1CCC[C@H]1C(=O)N2. The quantitative estimate of drug-likeness (QED) is 0.581. The van der Waals surface area contributed by atoms with Gasteiger partial charge in [-0.2, -0.15) is 0 Å². The second kappa shape index (κ2) is 8.66. The van der Waals surface area contributed by atoms with Crippen molar-refractivity contribution in [2.24, 2.45) is 17.8 Å². The summed E-state index contributed by atoms with van der Waals surface area (Å²) in [4.78, 5) is 40.2. The molecule has 156 valence electrons. The number of rotatable bonds is 2. The highest BCUT2D eigenvalue weighted by Gasteiger charge is 2.61. The molecule has 1 N–H and O–H groups in total. The molecule has 0 spiro atoms. The second-order valence-corrected chi connectivity index (χ2v) is 8.89. The number of allylic oxidation sites excluding steroid dienone is 1. The molecule has 0 bridgehead atoms. The third-order valence-electron chi connectivity index (χ3n) is 6.40. The van der Waals surface area contributed by atoms with Gasteiger partial charge in [0.25, 0.3) is 0 Å². The van der Waals surface area contributed by atoms with Crippen LogP contribution < -0.4 is 5.32 Å². The summed E-state index contributed by atoms with van der Waals surface area (Å²) >= 11 is 0. The average molecular weight is 391 g/mol. The number of hydrogen-bond donors (Lipinski definition) is 1. The lowest BCUT2D eigenvalue weighted by Crippen LogP contribution is -2.53. The molecule has 1 saturated heterocycles. The van der Waals surface area contributed by atoms with E-state index in [1.54, 1.807) is 11.8 Å². The Morgan fingerprint density at radius 3 is 2.82 bits per heavy atom. The highest BCUT2D eigenvalue weighted by Crippen LogP contribution is 2.46. The van der Waals surface area contributed by atoms with Gasteiger partial charge in [0.15, 0.2) is 0 Å². The summed E-state index contributed by atoms with van der Waals surface area (Å²) in [5, 5.41) is 2.97. The first-order valence-electron chi connectivity index (χ1n) is 10.8. The summed E-state index contributed by atoms with van der Waals surface area (Å²) in [5.74, 6) is 0.301. The minimum Gasteiger partial charge on any atom is -0.464 e. The molecule has 1 saturated carbocycles. The van der Waals surface area contributed by atoms with Crippen LogP contribution in [-0.2, 0) is 19.1 Å². The van der Waals surface area contributed by atoms with Gasteiger partial charge in [0.1, 0.15) is 11.6 Å². The van der Waals surface area contributed by atoms with Gasteiger partial charge in [-0.15, -0.1) is 0 Å². The fourth-order valence-electron chi connectivity index (χ4n) is 4.80. The molecule has 6 nitrogen and oxygen atoms in total. The number of hydrogen-bond acceptors (Lipinski definition) is 4. The minimum atomic E-state index is -0.958. The minimum absolute atomic E-state index is 0.0274. The molecule has 6 heteroatoms.